The molecule has 0 amide bonds. The molecule has 184 valence electrons. The molecule has 10 heteroatoms. The zero-order valence-corrected chi connectivity index (χ0v) is 20.4. The fraction of sp³-hybridized carbons (Fsp3) is 0.143. The lowest BCUT2D eigenvalue weighted by molar-refractivity contribution is 0.940. The Kier molecular flexibility index (Phi) is 5.47. The summed E-state index contributed by atoms with van der Waals surface area (Å²) in [6, 6.07) is 11.3. The molecule has 5 aromatic heterocycles. The molecule has 6 heterocycles. The normalized spacial score (nSPS) is 13.3. The standard InChI is InChI=1S/C28H22N10/c1-2-16-38(15-1)28-22-20(36-25(37-28)19-7-3-8-29-19)17-18(24-30-9-4-10-31-24)21(26-32-11-5-12-33-26)23(22)27-34-13-6-14-35-27/h3-14,17,29H,1-2,15-16H2. The van der Waals surface area contributed by atoms with Crippen molar-refractivity contribution in [1.82, 2.24) is 44.9 Å². The van der Waals surface area contributed by atoms with Crippen LogP contribution in [0.25, 0.3) is 56.6 Å². The lowest BCUT2D eigenvalue weighted by atomic mass is 9.93. The maximum Gasteiger partial charge on any atom is 0.178 e. The third-order valence-electron chi connectivity index (χ3n) is 6.60. The minimum Gasteiger partial charge on any atom is -0.359 e. The molecule has 1 aromatic carbocycles. The lowest BCUT2D eigenvalue weighted by Crippen LogP contribution is -2.20. The van der Waals surface area contributed by atoms with Crippen molar-refractivity contribution in [3.8, 4) is 45.7 Å². The van der Waals surface area contributed by atoms with Crippen molar-refractivity contribution < 1.29 is 0 Å². The predicted octanol–water partition coefficient (Wildman–Crippen LogP) is 4.60. The van der Waals surface area contributed by atoms with E-state index in [1.807, 2.05) is 24.4 Å². The Morgan fingerprint density at radius 2 is 1.24 bits per heavy atom. The number of benzene rings is 1. The van der Waals surface area contributed by atoms with Crippen molar-refractivity contribution in [2.75, 3.05) is 18.0 Å². The Balaban J connectivity index is 1.67. The maximum absolute atomic E-state index is 5.10. The van der Waals surface area contributed by atoms with Crippen LogP contribution >= 0.6 is 0 Å². The molecule has 1 fully saturated rings. The summed E-state index contributed by atoms with van der Waals surface area (Å²) in [4.78, 5) is 43.5. The van der Waals surface area contributed by atoms with Gasteiger partial charge in [-0.15, -0.1) is 0 Å². The zero-order chi connectivity index (χ0) is 25.3. The molecule has 0 bridgehead atoms. The van der Waals surface area contributed by atoms with E-state index in [0.29, 0.717) is 23.3 Å². The van der Waals surface area contributed by atoms with Gasteiger partial charge in [-0.25, -0.2) is 39.9 Å². The molecule has 1 N–H and O–H groups in total. The first-order valence-electron chi connectivity index (χ1n) is 12.5. The molecular formula is C28H22N10. The van der Waals surface area contributed by atoms with E-state index in [9.17, 15) is 0 Å². The van der Waals surface area contributed by atoms with Gasteiger partial charge in [0.1, 0.15) is 5.82 Å². The molecule has 10 nitrogen and oxygen atoms in total. The number of aromatic nitrogens is 9. The fourth-order valence-electron chi connectivity index (χ4n) is 4.95. The Bertz CT molecular complexity index is 1700. The number of nitrogens with one attached hydrogen (secondary N) is 1. The first-order chi connectivity index (χ1) is 18.9. The maximum atomic E-state index is 5.10. The number of rotatable bonds is 5. The van der Waals surface area contributed by atoms with E-state index in [0.717, 1.165) is 65.0 Å². The van der Waals surface area contributed by atoms with Gasteiger partial charge in [-0.2, -0.15) is 0 Å². The molecule has 1 aliphatic rings. The highest BCUT2D eigenvalue weighted by Crippen LogP contribution is 2.44. The number of H-pyrrole nitrogens is 1. The number of aromatic amines is 1. The lowest BCUT2D eigenvalue weighted by Gasteiger charge is -2.23. The van der Waals surface area contributed by atoms with Gasteiger partial charge in [-0.05, 0) is 49.2 Å². The second kappa shape index (κ2) is 9.40. The van der Waals surface area contributed by atoms with Crippen LogP contribution in [0.2, 0.25) is 0 Å². The quantitative estimate of drug-likeness (QED) is 0.363. The van der Waals surface area contributed by atoms with Crippen molar-refractivity contribution in [3.05, 3.63) is 79.8 Å². The molecule has 0 radical (unpaired) electrons. The Hall–Kier alpha value is -5.12. The largest absolute Gasteiger partial charge is 0.359 e. The highest BCUT2D eigenvalue weighted by Gasteiger charge is 2.28. The van der Waals surface area contributed by atoms with Crippen molar-refractivity contribution in [1.29, 1.82) is 0 Å². The second-order valence-electron chi connectivity index (χ2n) is 8.93. The van der Waals surface area contributed by atoms with Crippen LogP contribution in [0, 0.1) is 0 Å². The van der Waals surface area contributed by atoms with Gasteiger partial charge in [0, 0.05) is 73.2 Å². The van der Waals surface area contributed by atoms with Crippen molar-refractivity contribution in [2.24, 2.45) is 0 Å². The summed E-state index contributed by atoms with van der Waals surface area (Å²) >= 11 is 0. The summed E-state index contributed by atoms with van der Waals surface area (Å²) in [6.07, 6.45) is 14.4. The number of anilines is 1. The van der Waals surface area contributed by atoms with Gasteiger partial charge in [0.05, 0.1) is 16.6 Å². The van der Waals surface area contributed by atoms with Crippen LogP contribution in [0.1, 0.15) is 12.8 Å². The molecule has 0 saturated carbocycles. The van der Waals surface area contributed by atoms with Gasteiger partial charge in [-0.3, -0.25) is 0 Å². The van der Waals surface area contributed by atoms with E-state index in [4.69, 9.17) is 9.97 Å². The van der Waals surface area contributed by atoms with Crippen molar-refractivity contribution >= 4 is 16.7 Å². The number of hydrogen-bond donors (Lipinski definition) is 1. The first-order valence-corrected chi connectivity index (χ1v) is 12.5. The van der Waals surface area contributed by atoms with Gasteiger partial charge >= 0.3 is 0 Å². The third-order valence-corrected chi connectivity index (χ3v) is 6.60. The molecule has 0 unspecified atom stereocenters. The number of fused-ring (bicyclic) bond motifs is 1. The highest BCUT2D eigenvalue weighted by atomic mass is 15.2. The number of hydrogen-bond acceptors (Lipinski definition) is 9. The summed E-state index contributed by atoms with van der Waals surface area (Å²) in [6.45, 7) is 1.82. The van der Waals surface area contributed by atoms with Gasteiger partial charge in [0.15, 0.2) is 23.3 Å². The molecule has 7 rings (SSSR count). The fourth-order valence-corrected chi connectivity index (χ4v) is 4.95. The van der Waals surface area contributed by atoms with E-state index in [1.165, 1.54) is 0 Å². The third kappa shape index (κ3) is 3.83. The average Bonchev–Trinajstić information content (AvgIpc) is 3.72. The summed E-state index contributed by atoms with van der Waals surface area (Å²) in [7, 11) is 0. The summed E-state index contributed by atoms with van der Waals surface area (Å²) in [5, 5.41) is 0.857. The van der Waals surface area contributed by atoms with Crippen LogP contribution < -0.4 is 4.90 Å². The van der Waals surface area contributed by atoms with Crippen molar-refractivity contribution in [2.45, 2.75) is 12.8 Å². The predicted molar refractivity (Wildman–Crippen MR) is 144 cm³/mol. The van der Waals surface area contributed by atoms with Crippen LogP contribution in [0.15, 0.2) is 79.8 Å². The van der Waals surface area contributed by atoms with E-state index in [2.05, 4.69) is 39.8 Å². The molecular weight excluding hydrogens is 476 g/mol. The molecule has 0 aliphatic carbocycles. The van der Waals surface area contributed by atoms with Crippen LogP contribution in [-0.4, -0.2) is 57.9 Å². The SMILES string of the molecule is c1cnc(-c2cc3nc(-c4ccc[nH]4)nc(N4CCCC4)c3c(-c3ncccn3)c2-c2ncccn2)nc1. The van der Waals surface area contributed by atoms with Gasteiger partial charge in [-0.1, -0.05) is 0 Å². The molecule has 6 aromatic rings. The van der Waals surface area contributed by atoms with Gasteiger partial charge in [0.25, 0.3) is 0 Å². The molecule has 0 atom stereocenters. The van der Waals surface area contributed by atoms with Crippen LogP contribution in [-0.2, 0) is 0 Å². The van der Waals surface area contributed by atoms with Crippen molar-refractivity contribution in [3.63, 3.8) is 0 Å². The van der Waals surface area contributed by atoms with Crippen LogP contribution in [0.3, 0.4) is 0 Å². The zero-order valence-electron chi connectivity index (χ0n) is 20.4. The van der Waals surface area contributed by atoms with Crippen LogP contribution in [0.5, 0.6) is 0 Å². The van der Waals surface area contributed by atoms with Gasteiger partial charge in [0.2, 0.25) is 0 Å². The van der Waals surface area contributed by atoms with Crippen LogP contribution in [0.4, 0.5) is 5.82 Å². The summed E-state index contributed by atoms with van der Waals surface area (Å²) in [5.74, 6) is 3.07. The summed E-state index contributed by atoms with van der Waals surface area (Å²) in [5.41, 5.74) is 3.84. The Labute approximate surface area is 218 Å². The molecule has 1 saturated heterocycles. The second-order valence-corrected chi connectivity index (χ2v) is 8.93. The summed E-state index contributed by atoms with van der Waals surface area (Å²) < 4.78 is 0. The monoisotopic (exact) mass is 498 g/mol. The highest BCUT2D eigenvalue weighted by molar-refractivity contribution is 6.10. The molecule has 0 spiro atoms. The van der Waals surface area contributed by atoms with Gasteiger partial charge < -0.3 is 9.88 Å². The topological polar surface area (TPSA) is 122 Å². The average molecular weight is 499 g/mol. The smallest absolute Gasteiger partial charge is 0.178 e. The Morgan fingerprint density at radius 3 is 1.84 bits per heavy atom. The van der Waals surface area contributed by atoms with E-state index in [1.54, 1.807) is 55.4 Å². The minimum absolute atomic E-state index is 0.528. The molecule has 1 aliphatic heterocycles. The first kappa shape index (κ1) is 22.1. The van der Waals surface area contributed by atoms with E-state index in [-0.39, 0.29) is 0 Å². The molecule has 38 heavy (non-hydrogen) atoms. The Morgan fingerprint density at radius 1 is 0.632 bits per heavy atom. The minimum atomic E-state index is 0.528. The van der Waals surface area contributed by atoms with E-state index >= 15 is 0 Å². The van der Waals surface area contributed by atoms with E-state index < -0.39 is 0 Å². The number of nitrogens with zero attached hydrogens (tertiary/aromatic N) is 9.